The first kappa shape index (κ1) is 57.5. The van der Waals surface area contributed by atoms with Crippen molar-refractivity contribution < 1.29 is 28.6 Å². The van der Waals surface area contributed by atoms with Crippen LogP contribution in [-0.4, -0.2) is 37.2 Å². The number of ether oxygens (including phenoxy) is 3. The minimum absolute atomic E-state index is 0.128. The Morgan fingerprint density at radius 2 is 0.742 bits per heavy atom. The molecule has 0 rings (SSSR count). The largest absolute Gasteiger partial charge is 0.462 e. The highest BCUT2D eigenvalue weighted by atomic mass is 16.6. The molecular formula is C56H86O6. The highest BCUT2D eigenvalue weighted by molar-refractivity contribution is 5.71. The molecule has 0 radical (unpaired) electrons. The molecule has 0 aliphatic heterocycles. The van der Waals surface area contributed by atoms with E-state index in [1.54, 1.807) is 0 Å². The summed E-state index contributed by atoms with van der Waals surface area (Å²) >= 11 is 0. The van der Waals surface area contributed by atoms with Crippen molar-refractivity contribution >= 4 is 17.9 Å². The van der Waals surface area contributed by atoms with E-state index in [0.717, 1.165) is 89.9 Å². The van der Waals surface area contributed by atoms with Gasteiger partial charge < -0.3 is 14.2 Å². The molecule has 0 bridgehead atoms. The second-order valence-electron chi connectivity index (χ2n) is 15.4. The van der Waals surface area contributed by atoms with E-state index in [0.29, 0.717) is 19.3 Å². The molecule has 0 saturated heterocycles. The molecule has 0 spiro atoms. The Bertz CT molecular complexity index is 1400. The van der Waals surface area contributed by atoms with Gasteiger partial charge in [-0.2, -0.15) is 0 Å². The van der Waals surface area contributed by atoms with Crippen molar-refractivity contribution in [1.29, 1.82) is 0 Å². The average Bonchev–Trinajstić information content (AvgIpc) is 3.27. The van der Waals surface area contributed by atoms with Gasteiger partial charge in [0, 0.05) is 19.3 Å². The average molecular weight is 855 g/mol. The normalized spacial score (nSPS) is 13.3. The monoisotopic (exact) mass is 855 g/mol. The Kier molecular flexibility index (Phi) is 45.7. The fourth-order valence-corrected chi connectivity index (χ4v) is 5.98. The van der Waals surface area contributed by atoms with Crippen LogP contribution in [0.15, 0.2) is 134 Å². The summed E-state index contributed by atoms with van der Waals surface area (Å²) in [7, 11) is 0. The van der Waals surface area contributed by atoms with Crippen LogP contribution in [0.2, 0.25) is 0 Å². The van der Waals surface area contributed by atoms with Crippen LogP contribution >= 0.6 is 0 Å². The number of unbranched alkanes of at least 4 members (excludes halogenated alkanes) is 14. The van der Waals surface area contributed by atoms with E-state index in [9.17, 15) is 14.4 Å². The molecule has 0 heterocycles. The Morgan fingerprint density at radius 3 is 1.24 bits per heavy atom. The lowest BCUT2D eigenvalue weighted by atomic mass is 10.1. The van der Waals surface area contributed by atoms with Crippen LogP contribution in [0, 0.1) is 0 Å². The number of rotatable bonds is 41. The topological polar surface area (TPSA) is 78.9 Å². The van der Waals surface area contributed by atoms with Gasteiger partial charge in [0.15, 0.2) is 6.10 Å². The smallest absolute Gasteiger partial charge is 0.306 e. The van der Waals surface area contributed by atoms with Crippen LogP contribution in [0.1, 0.15) is 181 Å². The van der Waals surface area contributed by atoms with Gasteiger partial charge in [0.2, 0.25) is 0 Å². The molecule has 0 aromatic carbocycles. The van der Waals surface area contributed by atoms with E-state index in [-0.39, 0.29) is 38.0 Å². The number of hydrogen-bond donors (Lipinski definition) is 0. The van der Waals surface area contributed by atoms with E-state index in [4.69, 9.17) is 14.2 Å². The molecule has 346 valence electrons. The first-order valence-corrected chi connectivity index (χ1v) is 24.3. The summed E-state index contributed by atoms with van der Waals surface area (Å²) in [5.74, 6) is -1.07. The highest BCUT2D eigenvalue weighted by Crippen LogP contribution is 2.11. The number of carbonyl (C=O) groups excluding carboxylic acids is 3. The quantitative estimate of drug-likeness (QED) is 0.0200. The summed E-state index contributed by atoms with van der Waals surface area (Å²) in [6.07, 6.45) is 68.7. The minimum Gasteiger partial charge on any atom is -0.462 e. The zero-order chi connectivity index (χ0) is 45.1. The third kappa shape index (κ3) is 46.6. The molecule has 0 fully saturated rings. The van der Waals surface area contributed by atoms with Crippen molar-refractivity contribution in [2.45, 2.75) is 187 Å². The van der Waals surface area contributed by atoms with Crippen molar-refractivity contribution in [3.63, 3.8) is 0 Å². The molecule has 62 heavy (non-hydrogen) atoms. The zero-order valence-electron chi connectivity index (χ0n) is 39.3. The van der Waals surface area contributed by atoms with Gasteiger partial charge in [0.25, 0.3) is 0 Å². The second-order valence-corrected chi connectivity index (χ2v) is 15.4. The lowest BCUT2D eigenvalue weighted by Gasteiger charge is -2.18. The Balaban J connectivity index is 4.59. The molecule has 0 aliphatic rings. The molecule has 0 aromatic rings. The van der Waals surface area contributed by atoms with Crippen LogP contribution in [0.4, 0.5) is 0 Å². The van der Waals surface area contributed by atoms with Crippen LogP contribution < -0.4 is 0 Å². The molecule has 0 aliphatic carbocycles. The fourth-order valence-electron chi connectivity index (χ4n) is 5.98. The molecule has 0 amide bonds. The molecule has 6 nitrogen and oxygen atoms in total. The van der Waals surface area contributed by atoms with Gasteiger partial charge in [0.1, 0.15) is 13.2 Å². The van der Waals surface area contributed by atoms with Gasteiger partial charge in [-0.1, -0.05) is 212 Å². The lowest BCUT2D eigenvalue weighted by molar-refractivity contribution is -0.166. The van der Waals surface area contributed by atoms with Crippen LogP contribution in [0.25, 0.3) is 0 Å². The van der Waals surface area contributed by atoms with Crippen molar-refractivity contribution in [3.05, 3.63) is 134 Å². The fraction of sp³-hybridized carbons (Fsp3) is 0.554. The summed E-state index contributed by atoms with van der Waals surface area (Å²) < 4.78 is 16.6. The summed E-state index contributed by atoms with van der Waals surface area (Å²) in [6, 6.07) is 0. The first-order valence-electron chi connectivity index (χ1n) is 24.3. The molecule has 1 unspecified atom stereocenters. The second kappa shape index (κ2) is 49.2. The lowest BCUT2D eigenvalue weighted by Crippen LogP contribution is -2.30. The molecule has 0 saturated carbocycles. The van der Waals surface area contributed by atoms with Crippen molar-refractivity contribution in [2.75, 3.05) is 13.2 Å². The van der Waals surface area contributed by atoms with Crippen molar-refractivity contribution in [3.8, 4) is 0 Å². The van der Waals surface area contributed by atoms with Crippen molar-refractivity contribution in [1.82, 2.24) is 0 Å². The van der Waals surface area contributed by atoms with Gasteiger partial charge in [-0.25, -0.2) is 0 Å². The molecule has 0 aromatic heterocycles. The van der Waals surface area contributed by atoms with E-state index in [1.165, 1.54) is 38.5 Å². The Hall–Kier alpha value is -4.45. The molecular weight excluding hydrogens is 769 g/mol. The third-order valence-corrected chi connectivity index (χ3v) is 9.58. The summed E-state index contributed by atoms with van der Waals surface area (Å²) in [5, 5.41) is 0. The Morgan fingerprint density at radius 1 is 0.355 bits per heavy atom. The predicted octanol–water partition coefficient (Wildman–Crippen LogP) is 15.9. The summed E-state index contributed by atoms with van der Waals surface area (Å²) in [5.41, 5.74) is 0. The van der Waals surface area contributed by atoms with E-state index in [1.807, 2.05) is 79.0 Å². The zero-order valence-corrected chi connectivity index (χ0v) is 39.3. The minimum atomic E-state index is -0.837. The van der Waals surface area contributed by atoms with Crippen LogP contribution in [-0.2, 0) is 28.6 Å². The summed E-state index contributed by atoms with van der Waals surface area (Å²) in [6.45, 7) is 6.24. The van der Waals surface area contributed by atoms with Gasteiger partial charge >= 0.3 is 17.9 Å². The van der Waals surface area contributed by atoms with E-state index < -0.39 is 12.1 Å². The number of esters is 3. The van der Waals surface area contributed by atoms with E-state index in [2.05, 4.69) is 75.5 Å². The van der Waals surface area contributed by atoms with Crippen molar-refractivity contribution in [2.24, 2.45) is 0 Å². The number of hydrogen-bond acceptors (Lipinski definition) is 6. The third-order valence-electron chi connectivity index (χ3n) is 9.58. The highest BCUT2D eigenvalue weighted by Gasteiger charge is 2.19. The standard InChI is InChI=1S/C56H86O6/c1-4-7-10-13-16-19-22-25-26-27-28-29-30-32-34-37-40-43-46-49-55(58)61-52-53(51-60-54(57)48-45-42-39-36-33-24-21-18-15-12-9-6-3)62-56(59)50-47-44-41-38-35-31-23-20-17-14-11-8-5-2/h7,9-10,12-13,16,18-19,21-22,25-32,34-35,41,44,53H,4-6,8,11,14-15,17,20,23-24,33,36-40,42-43,45-52H2,1-3H3/b10-7-,12-9-,16-13-,21-18-,22-19-,26-25-,28-27+,30-29-,34-32-,35-31-,44-41-. The first-order chi connectivity index (χ1) is 30.5. The predicted molar refractivity (Wildman–Crippen MR) is 265 cm³/mol. The van der Waals surface area contributed by atoms with Gasteiger partial charge in [-0.3, -0.25) is 14.4 Å². The maximum Gasteiger partial charge on any atom is 0.306 e. The maximum absolute atomic E-state index is 12.7. The van der Waals surface area contributed by atoms with Gasteiger partial charge in [-0.05, 0) is 83.5 Å². The maximum atomic E-state index is 12.7. The SMILES string of the molecule is CC\C=C/C=C\C=C/C=C\C=C\C=C/C=C\CCCCCC(=O)OCC(COC(=O)CCCCCCC/C=C\C/C=C\CC)OC(=O)CC/C=C\C/C=C\CCCCCCCC. The molecule has 6 heteroatoms. The number of allylic oxidation sites excluding steroid dienone is 22. The van der Waals surface area contributed by atoms with Crippen LogP contribution in [0.5, 0.6) is 0 Å². The molecule has 1 atom stereocenters. The Labute approximate surface area is 379 Å². The molecule has 0 N–H and O–H groups in total. The van der Waals surface area contributed by atoms with E-state index >= 15 is 0 Å². The van der Waals surface area contributed by atoms with Gasteiger partial charge in [-0.15, -0.1) is 0 Å². The van der Waals surface area contributed by atoms with Gasteiger partial charge in [0.05, 0.1) is 0 Å². The van der Waals surface area contributed by atoms with Crippen LogP contribution in [0.3, 0.4) is 0 Å². The summed E-state index contributed by atoms with van der Waals surface area (Å²) in [4.78, 5) is 37.8. The number of carbonyl (C=O) groups is 3.